The lowest BCUT2D eigenvalue weighted by atomic mass is 10.0. The van der Waals surface area contributed by atoms with Gasteiger partial charge in [-0.1, -0.05) is 72.1 Å². The molecule has 4 nitrogen and oxygen atoms in total. The maximum Gasteiger partial charge on any atom is 0.326 e. The Morgan fingerprint density at radius 3 is 2.05 bits per heavy atom. The summed E-state index contributed by atoms with van der Waals surface area (Å²) in [6, 6.07) is -0.758. The van der Waals surface area contributed by atoms with E-state index < -0.39 is 12.0 Å². The van der Waals surface area contributed by atoms with E-state index >= 15 is 0 Å². The smallest absolute Gasteiger partial charge is 0.326 e. The molecule has 2 N–H and O–H groups in total. The van der Waals surface area contributed by atoms with Gasteiger partial charge in [0.05, 0.1) is 0 Å². The molecule has 22 heavy (non-hydrogen) atoms. The standard InChI is InChI=1S/C18H35NO3/c1-4-5-6-7-8-9-10-11-12-13-17(20)19-16(18(21)22)14-15(2)3/h15-16H,4-14H2,1-3H3,(H,19,20)(H,21,22)/t16-/m0/s1/i1D. The summed E-state index contributed by atoms with van der Waals surface area (Å²) in [6.45, 7) is 4.45. The minimum atomic E-state index is -0.947. The highest BCUT2D eigenvalue weighted by Gasteiger charge is 2.20. The maximum atomic E-state index is 11.8. The molecule has 0 aromatic carbocycles. The topological polar surface area (TPSA) is 66.4 Å². The van der Waals surface area contributed by atoms with Gasteiger partial charge in [-0.25, -0.2) is 4.79 Å². The van der Waals surface area contributed by atoms with Gasteiger partial charge in [-0.05, 0) is 18.8 Å². The summed E-state index contributed by atoms with van der Waals surface area (Å²) >= 11 is 0. The second-order valence-corrected chi connectivity index (χ2v) is 6.52. The van der Waals surface area contributed by atoms with Crippen LogP contribution in [0.2, 0.25) is 0 Å². The third-order valence-electron chi connectivity index (χ3n) is 3.74. The zero-order valence-corrected chi connectivity index (χ0v) is 14.4. The number of amides is 1. The van der Waals surface area contributed by atoms with E-state index in [9.17, 15) is 9.59 Å². The van der Waals surface area contributed by atoms with Crippen LogP contribution in [0.4, 0.5) is 0 Å². The highest BCUT2D eigenvalue weighted by Crippen LogP contribution is 2.11. The molecule has 0 aromatic rings. The Labute approximate surface area is 137 Å². The zero-order chi connectivity index (χ0) is 17.5. The molecule has 0 fully saturated rings. The summed E-state index contributed by atoms with van der Waals surface area (Å²) in [6.07, 6.45) is 11.0. The van der Waals surface area contributed by atoms with Gasteiger partial charge < -0.3 is 10.4 Å². The highest BCUT2D eigenvalue weighted by atomic mass is 16.4. The molecular formula is C18H35NO3. The van der Waals surface area contributed by atoms with Crippen molar-refractivity contribution < 1.29 is 16.1 Å². The summed E-state index contributed by atoms with van der Waals surface area (Å²) in [5, 5.41) is 11.7. The number of carboxylic acids is 1. The highest BCUT2D eigenvalue weighted by molar-refractivity contribution is 5.83. The molecule has 0 spiro atoms. The van der Waals surface area contributed by atoms with Gasteiger partial charge in [-0.15, -0.1) is 0 Å². The van der Waals surface area contributed by atoms with Gasteiger partial charge in [0.2, 0.25) is 5.91 Å². The lowest BCUT2D eigenvalue weighted by Gasteiger charge is -2.16. The predicted octanol–water partition coefficient (Wildman–Crippen LogP) is 4.52. The van der Waals surface area contributed by atoms with Gasteiger partial charge in [-0.2, -0.15) is 0 Å². The first-order chi connectivity index (χ1) is 11.0. The second-order valence-electron chi connectivity index (χ2n) is 6.52. The van der Waals surface area contributed by atoms with Crippen molar-refractivity contribution in [2.75, 3.05) is 0 Å². The van der Waals surface area contributed by atoms with Crippen LogP contribution < -0.4 is 5.32 Å². The van der Waals surface area contributed by atoms with Crippen LogP contribution in [0.1, 0.15) is 92.7 Å². The van der Waals surface area contributed by atoms with Crippen LogP contribution in [0.15, 0.2) is 0 Å². The SMILES string of the molecule is [2H]CCCCCCCCCCCC(=O)N[C@@H](CC(C)C)C(=O)O. The van der Waals surface area contributed by atoms with Crippen molar-refractivity contribution in [2.45, 2.75) is 97.4 Å². The van der Waals surface area contributed by atoms with E-state index in [1.54, 1.807) is 0 Å². The van der Waals surface area contributed by atoms with Gasteiger partial charge in [-0.3, -0.25) is 4.79 Å². The molecule has 1 amide bonds. The first-order valence-corrected chi connectivity index (χ1v) is 8.78. The number of carbonyl (C=O) groups is 2. The molecule has 0 heterocycles. The van der Waals surface area contributed by atoms with Crippen molar-refractivity contribution in [1.29, 1.82) is 0 Å². The number of nitrogens with one attached hydrogen (secondary N) is 1. The van der Waals surface area contributed by atoms with Crippen LogP contribution in [-0.2, 0) is 9.59 Å². The largest absolute Gasteiger partial charge is 0.480 e. The summed E-state index contributed by atoms with van der Waals surface area (Å²) in [5.41, 5.74) is 0. The lowest BCUT2D eigenvalue weighted by Crippen LogP contribution is -2.41. The molecular weight excluding hydrogens is 278 g/mol. The van der Waals surface area contributed by atoms with E-state index in [0.29, 0.717) is 19.7 Å². The number of unbranched alkanes of at least 4 members (excludes halogenated alkanes) is 8. The first-order valence-electron chi connectivity index (χ1n) is 9.49. The molecule has 0 saturated heterocycles. The molecule has 0 radical (unpaired) electrons. The average Bonchev–Trinajstić information content (AvgIpc) is 2.48. The normalized spacial score (nSPS) is 13.0. The van der Waals surface area contributed by atoms with Gasteiger partial charge in [0.15, 0.2) is 0 Å². The van der Waals surface area contributed by atoms with E-state index in [4.69, 9.17) is 6.48 Å². The average molecular weight is 314 g/mol. The van der Waals surface area contributed by atoms with E-state index in [2.05, 4.69) is 5.32 Å². The van der Waals surface area contributed by atoms with E-state index in [1.807, 2.05) is 13.8 Å². The number of carbonyl (C=O) groups excluding carboxylic acids is 1. The number of aliphatic carboxylic acids is 1. The quantitative estimate of drug-likeness (QED) is 0.463. The minimum absolute atomic E-state index is 0.145. The molecule has 0 aliphatic rings. The number of hydrogen-bond donors (Lipinski definition) is 2. The number of carboxylic acid groups (broad SMARTS) is 1. The van der Waals surface area contributed by atoms with E-state index in [0.717, 1.165) is 25.7 Å². The summed E-state index contributed by atoms with van der Waals surface area (Å²) < 4.78 is 7.06. The van der Waals surface area contributed by atoms with Crippen LogP contribution in [0.5, 0.6) is 0 Å². The number of hydrogen-bond acceptors (Lipinski definition) is 2. The van der Waals surface area contributed by atoms with Crippen molar-refractivity contribution in [3.05, 3.63) is 0 Å². The number of rotatable bonds is 14. The molecule has 0 unspecified atom stereocenters. The van der Waals surface area contributed by atoms with Crippen LogP contribution in [0.3, 0.4) is 0 Å². The second kappa shape index (κ2) is 13.6. The van der Waals surface area contributed by atoms with Crippen LogP contribution in [-0.4, -0.2) is 23.0 Å². The third kappa shape index (κ3) is 12.7. The molecule has 0 aliphatic heterocycles. The zero-order valence-electron chi connectivity index (χ0n) is 15.4. The summed E-state index contributed by atoms with van der Waals surface area (Å²) in [4.78, 5) is 22.9. The van der Waals surface area contributed by atoms with Crippen molar-refractivity contribution in [3.63, 3.8) is 0 Å². The Bertz CT molecular complexity index is 321. The van der Waals surface area contributed by atoms with Crippen molar-refractivity contribution in [1.82, 2.24) is 5.32 Å². The molecule has 0 saturated carbocycles. The Hall–Kier alpha value is -1.06. The van der Waals surface area contributed by atoms with Gasteiger partial charge >= 0.3 is 5.97 Å². The fourth-order valence-electron chi connectivity index (χ4n) is 2.48. The maximum absolute atomic E-state index is 11.8. The van der Waals surface area contributed by atoms with Crippen molar-refractivity contribution in [2.24, 2.45) is 5.92 Å². The van der Waals surface area contributed by atoms with Gasteiger partial charge in [0.1, 0.15) is 6.04 Å². The molecule has 1 atom stereocenters. The van der Waals surface area contributed by atoms with Gasteiger partial charge in [0.25, 0.3) is 0 Å². The third-order valence-corrected chi connectivity index (χ3v) is 3.74. The van der Waals surface area contributed by atoms with E-state index in [1.165, 1.54) is 32.1 Å². The molecule has 0 aliphatic carbocycles. The fourth-order valence-corrected chi connectivity index (χ4v) is 2.48. The summed E-state index contributed by atoms with van der Waals surface area (Å²) in [5.74, 6) is -0.844. The predicted molar refractivity (Wildman–Crippen MR) is 90.9 cm³/mol. The Morgan fingerprint density at radius 1 is 1.00 bits per heavy atom. The molecule has 0 rings (SSSR count). The van der Waals surface area contributed by atoms with Crippen LogP contribution >= 0.6 is 0 Å². The lowest BCUT2D eigenvalue weighted by molar-refractivity contribution is -0.142. The monoisotopic (exact) mass is 314 g/mol. The summed E-state index contributed by atoms with van der Waals surface area (Å²) in [7, 11) is 0. The Kier molecular flexibility index (Phi) is 11.7. The Morgan fingerprint density at radius 2 is 1.55 bits per heavy atom. The van der Waals surface area contributed by atoms with E-state index in [-0.39, 0.29) is 11.8 Å². The van der Waals surface area contributed by atoms with Crippen LogP contribution in [0.25, 0.3) is 0 Å². The minimum Gasteiger partial charge on any atom is -0.480 e. The van der Waals surface area contributed by atoms with Crippen molar-refractivity contribution >= 4 is 11.9 Å². The molecule has 0 bridgehead atoms. The molecule has 0 aromatic heterocycles. The van der Waals surface area contributed by atoms with Gasteiger partial charge in [0, 0.05) is 7.79 Å². The van der Waals surface area contributed by atoms with Crippen LogP contribution in [0, 0.1) is 5.92 Å². The first kappa shape index (κ1) is 19.0. The Balaban J connectivity index is 3.57. The molecule has 130 valence electrons. The molecule has 4 heteroatoms. The fraction of sp³-hybridized carbons (Fsp3) is 0.889. The van der Waals surface area contributed by atoms with Crippen molar-refractivity contribution in [3.8, 4) is 0 Å².